The molecule has 4 fully saturated rings. The van der Waals surface area contributed by atoms with E-state index in [1.807, 2.05) is 29.4 Å². The highest BCUT2D eigenvalue weighted by Crippen LogP contribution is 2.69. The Morgan fingerprint density at radius 1 is 1.11 bits per heavy atom. The molecule has 35 heavy (non-hydrogen) atoms. The van der Waals surface area contributed by atoms with Gasteiger partial charge < -0.3 is 14.6 Å². The zero-order chi connectivity index (χ0) is 23.5. The Labute approximate surface area is 203 Å². The fourth-order valence-electron chi connectivity index (χ4n) is 6.29. The maximum absolute atomic E-state index is 13.7. The molecule has 1 atom stereocenters. The first kappa shape index (κ1) is 21.1. The van der Waals surface area contributed by atoms with E-state index in [4.69, 9.17) is 4.98 Å². The van der Waals surface area contributed by atoms with Gasteiger partial charge in [-0.1, -0.05) is 6.07 Å². The van der Waals surface area contributed by atoms with Crippen LogP contribution in [0.2, 0.25) is 0 Å². The van der Waals surface area contributed by atoms with Gasteiger partial charge in [-0.05, 0) is 55.2 Å². The first-order valence-corrected chi connectivity index (χ1v) is 12.6. The number of nitrogens with one attached hydrogen (secondary N) is 1. The van der Waals surface area contributed by atoms with Gasteiger partial charge in [-0.2, -0.15) is 0 Å². The minimum atomic E-state index is -0.825. The third kappa shape index (κ3) is 3.91. The van der Waals surface area contributed by atoms with Gasteiger partial charge in [-0.25, -0.2) is 9.37 Å². The van der Waals surface area contributed by atoms with Crippen LogP contribution in [-0.2, 0) is 13.1 Å². The molecule has 0 aromatic carbocycles. The molecule has 2 aliphatic heterocycles. The molecule has 8 rings (SSSR count). The third-order valence-corrected chi connectivity index (χ3v) is 7.95. The van der Waals surface area contributed by atoms with Gasteiger partial charge in [0.1, 0.15) is 28.4 Å². The molecule has 3 aliphatic carbocycles. The van der Waals surface area contributed by atoms with E-state index in [2.05, 4.69) is 54.5 Å². The number of nitrogens with zero attached hydrogens (tertiary/aromatic N) is 7. The Balaban J connectivity index is 0.993. The van der Waals surface area contributed by atoms with Crippen molar-refractivity contribution in [1.82, 2.24) is 19.7 Å². The van der Waals surface area contributed by atoms with E-state index in [0.717, 1.165) is 62.3 Å². The lowest BCUT2D eigenvalue weighted by Crippen LogP contribution is -2.67. The number of aromatic nitrogens is 3. The summed E-state index contributed by atoms with van der Waals surface area (Å²) in [7, 11) is 0. The second-order valence-electron chi connectivity index (χ2n) is 10.9. The molecule has 2 bridgehead atoms. The van der Waals surface area contributed by atoms with Crippen molar-refractivity contribution >= 4 is 17.5 Å². The molecule has 1 unspecified atom stereocenters. The van der Waals surface area contributed by atoms with Gasteiger partial charge >= 0.3 is 0 Å². The zero-order valence-corrected chi connectivity index (χ0v) is 19.8. The summed E-state index contributed by atoms with van der Waals surface area (Å²) in [5.41, 5.74) is 4.69. The smallest absolute Gasteiger partial charge is 0.249 e. The van der Waals surface area contributed by atoms with Crippen LogP contribution in [0.15, 0.2) is 53.3 Å². The molecule has 3 saturated carbocycles. The third-order valence-electron chi connectivity index (χ3n) is 7.95. The van der Waals surface area contributed by atoms with Crippen LogP contribution in [0.4, 0.5) is 10.1 Å². The maximum atomic E-state index is 13.7. The molecular weight excluding hydrogens is 443 g/mol. The van der Waals surface area contributed by atoms with Crippen molar-refractivity contribution in [3.8, 4) is 0 Å². The second-order valence-corrected chi connectivity index (χ2v) is 10.9. The summed E-state index contributed by atoms with van der Waals surface area (Å²) in [6, 6.07) is 6.22. The van der Waals surface area contributed by atoms with Gasteiger partial charge in [0.15, 0.2) is 6.54 Å². The molecule has 5 heterocycles. The summed E-state index contributed by atoms with van der Waals surface area (Å²) in [4.78, 5) is 11.6. The largest absolute Gasteiger partial charge is 0.370 e. The molecule has 180 valence electrons. The lowest BCUT2D eigenvalue weighted by Gasteiger charge is -2.66. The lowest BCUT2D eigenvalue weighted by atomic mass is 9.42. The van der Waals surface area contributed by atoms with Crippen LogP contribution in [0.25, 0.3) is 5.65 Å². The SMILES string of the molecule is FC12CC(CNCc3ccc4nc(C[N+]5=CC(c6cncc(N7CCCC7)c6)N=N5)cn4c3)(C1)C2. The highest BCUT2D eigenvalue weighted by atomic mass is 19.1. The molecule has 0 spiro atoms. The quantitative estimate of drug-likeness (QED) is 0.502. The minimum Gasteiger partial charge on any atom is -0.370 e. The van der Waals surface area contributed by atoms with Crippen molar-refractivity contribution in [1.29, 1.82) is 0 Å². The van der Waals surface area contributed by atoms with E-state index in [1.165, 1.54) is 24.1 Å². The zero-order valence-electron chi connectivity index (χ0n) is 19.8. The summed E-state index contributed by atoms with van der Waals surface area (Å²) in [5, 5.41) is 12.3. The van der Waals surface area contributed by atoms with E-state index in [0.29, 0.717) is 6.54 Å². The van der Waals surface area contributed by atoms with Gasteiger partial charge in [0, 0.05) is 55.4 Å². The Hall–Kier alpha value is -3.20. The number of imidazole rings is 1. The monoisotopic (exact) mass is 473 g/mol. The number of hydrogen-bond acceptors (Lipinski definition) is 6. The molecule has 9 heteroatoms. The van der Waals surface area contributed by atoms with Crippen LogP contribution >= 0.6 is 0 Å². The predicted octanol–water partition coefficient (Wildman–Crippen LogP) is 4.02. The van der Waals surface area contributed by atoms with Crippen molar-refractivity contribution in [2.24, 2.45) is 15.8 Å². The maximum Gasteiger partial charge on any atom is 0.249 e. The van der Waals surface area contributed by atoms with E-state index >= 15 is 0 Å². The van der Waals surface area contributed by atoms with Crippen LogP contribution in [0, 0.1) is 5.41 Å². The molecule has 0 amide bonds. The summed E-state index contributed by atoms with van der Waals surface area (Å²) >= 11 is 0. The average molecular weight is 474 g/mol. The predicted molar refractivity (Wildman–Crippen MR) is 130 cm³/mol. The number of pyridine rings is 2. The Morgan fingerprint density at radius 2 is 1.97 bits per heavy atom. The van der Waals surface area contributed by atoms with E-state index in [-0.39, 0.29) is 11.5 Å². The molecule has 1 N–H and O–H groups in total. The molecule has 8 nitrogen and oxygen atoms in total. The van der Waals surface area contributed by atoms with Gasteiger partial charge in [0.25, 0.3) is 0 Å². The Kier molecular flexibility index (Phi) is 4.77. The second kappa shape index (κ2) is 7.91. The molecular formula is C26H30FN8+. The van der Waals surface area contributed by atoms with E-state index < -0.39 is 5.67 Å². The van der Waals surface area contributed by atoms with Crippen LogP contribution in [0.5, 0.6) is 0 Å². The van der Waals surface area contributed by atoms with Crippen LogP contribution in [0.1, 0.15) is 55.0 Å². The lowest BCUT2D eigenvalue weighted by molar-refractivity contribution is -0.548. The number of halogens is 1. The highest BCUT2D eigenvalue weighted by Gasteiger charge is 2.68. The Bertz CT molecular complexity index is 1320. The topological polar surface area (TPSA) is 73.2 Å². The normalized spacial score (nSPS) is 28.9. The summed E-state index contributed by atoms with van der Waals surface area (Å²) in [5.74, 6) is 0. The number of fused-ring (bicyclic) bond motifs is 1. The standard InChI is InChI=1S/C26H30FN8/c27-26-15-25(16-26,17-26)18-29-8-19-3-4-24-30-21(12-34(24)11-19)13-35-14-23(31-32-35)20-7-22(10-28-9-20)33-5-1-2-6-33/h3-4,7,9-12,14,23,29H,1-2,5-6,8,13,15-18H2/q+1. The minimum absolute atomic E-state index is 0.117. The molecule has 3 aromatic rings. The van der Waals surface area contributed by atoms with Crippen molar-refractivity contribution in [3.63, 3.8) is 0 Å². The number of rotatable bonds is 8. The van der Waals surface area contributed by atoms with E-state index in [1.54, 1.807) is 0 Å². The summed E-state index contributed by atoms with van der Waals surface area (Å²) < 4.78 is 17.6. The van der Waals surface area contributed by atoms with Crippen LogP contribution in [0.3, 0.4) is 0 Å². The first-order valence-electron chi connectivity index (χ1n) is 12.6. The van der Waals surface area contributed by atoms with Gasteiger partial charge in [-0.15, -0.1) is 4.68 Å². The van der Waals surface area contributed by atoms with Crippen molar-refractivity contribution in [2.45, 2.75) is 56.9 Å². The summed E-state index contributed by atoms with van der Waals surface area (Å²) in [6.45, 7) is 4.45. The number of hydrogen-bond donors (Lipinski definition) is 1. The molecule has 5 aliphatic rings. The molecule has 1 saturated heterocycles. The van der Waals surface area contributed by atoms with Gasteiger partial charge in [-0.3, -0.25) is 4.98 Å². The van der Waals surface area contributed by atoms with Gasteiger partial charge in [0.2, 0.25) is 6.04 Å². The molecule has 0 radical (unpaired) electrons. The fraction of sp³-hybridized carbons (Fsp3) is 0.500. The fourth-order valence-corrected chi connectivity index (χ4v) is 6.29. The van der Waals surface area contributed by atoms with Crippen LogP contribution < -0.4 is 10.2 Å². The number of anilines is 1. The first-order chi connectivity index (χ1) is 17.0. The summed E-state index contributed by atoms with van der Waals surface area (Å²) in [6.07, 6.45) is 14.7. The van der Waals surface area contributed by atoms with Gasteiger partial charge in [0.05, 0.1) is 11.9 Å². The van der Waals surface area contributed by atoms with Crippen molar-refractivity contribution in [2.75, 3.05) is 24.5 Å². The highest BCUT2D eigenvalue weighted by molar-refractivity contribution is 5.64. The van der Waals surface area contributed by atoms with Crippen molar-refractivity contribution in [3.05, 3.63) is 59.8 Å². The molecule has 3 aromatic heterocycles. The van der Waals surface area contributed by atoms with Crippen molar-refractivity contribution < 1.29 is 9.07 Å². The average Bonchev–Trinajstić information content (AvgIpc) is 3.58. The van der Waals surface area contributed by atoms with E-state index in [9.17, 15) is 4.39 Å². The number of alkyl halides is 1. The Morgan fingerprint density at radius 3 is 2.80 bits per heavy atom. The van der Waals surface area contributed by atoms with Crippen LogP contribution in [-0.4, -0.2) is 50.6 Å².